The fourth-order valence-corrected chi connectivity index (χ4v) is 5.07. The molecule has 5 aromatic carbocycles. The molecule has 0 saturated carbocycles. The maximum atomic E-state index is 3.72. The Balaban J connectivity index is 1.56. The van der Waals surface area contributed by atoms with Gasteiger partial charge >= 0.3 is 0 Å². The predicted octanol–water partition coefficient (Wildman–Crippen LogP) is 7.41. The van der Waals surface area contributed by atoms with Crippen molar-refractivity contribution in [3.63, 3.8) is 0 Å². The van der Waals surface area contributed by atoms with Gasteiger partial charge in [-0.3, -0.25) is 0 Å². The third kappa shape index (κ3) is 2.38. The first-order valence-electron chi connectivity index (χ1n) is 10.2. The van der Waals surface area contributed by atoms with Crippen LogP contribution in [0.1, 0.15) is 35.4 Å². The third-order valence-electron chi connectivity index (χ3n) is 6.43. The highest BCUT2D eigenvalue weighted by atomic mass is 14.3. The van der Waals surface area contributed by atoms with E-state index in [2.05, 4.69) is 91.0 Å². The molecular weight excluding hydrogens is 336 g/mol. The topological polar surface area (TPSA) is 0 Å². The first-order chi connectivity index (χ1) is 13.9. The lowest BCUT2D eigenvalue weighted by Gasteiger charge is -2.27. The van der Waals surface area contributed by atoms with E-state index in [1.807, 2.05) is 0 Å². The van der Waals surface area contributed by atoms with E-state index < -0.39 is 0 Å². The third-order valence-corrected chi connectivity index (χ3v) is 6.43. The average Bonchev–Trinajstić information content (AvgIpc) is 2.78. The van der Waals surface area contributed by atoms with Crippen LogP contribution in [0.5, 0.6) is 0 Å². The first kappa shape index (κ1) is 15.9. The summed E-state index contributed by atoms with van der Waals surface area (Å²) in [4.78, 5) is 0. The Morgan fingerprint density at radius 3 is 2.39 bits per heavy atom. The molecule has 133 valence electrons. The molecule has 1 aliphatic rings. The molecule has 5 aromatic rings. The van der Waals surface area contributed by atoms with Crippen LogP contribution in [0, 0.1) is 6.07 Å². The van der Waals surface area contributed by atoms with Gasteiger partial charge in [-0.1, -0.05) is 84.9 Å². The minimum atomic E-state index is 0.448. The normalized spacial score (nSPS) is 16.5. The second-order valence-electron chi connectivity index (χ2n) is 7.96. The lowest BCUT2D eigenvalue weighted by molar-refractivity contribution is 0.619. The molecule has 1 unspecified atom stereocenters. The van der Waals surface area contributed by atoms with E-state index in [-0.39, 0.29) is 0 Å². The first-order valence-corrected chi connectivity index (χ1v) is 10.2. The van der Waals surface area contributed by atoms with E-state index in [4.69, 9.17) is 0 Å². The van der Waals surface area contributed by atoms with Gasteiger partial charge in [0, 0.05) is 5.92 Å². The maximum Gasteiger partial charge on any atom is 0.00987 e. The van der Waals surface area contributed by atoms with Gasteiger partial charge in [-0.15, -0.1) is 0 Å². The second kappa shape index (κ2) is 6.21. The van der Waals surface area contributed by atoms with Crippen LogP contribution < -0.4 is 0 Å². The van der Waals surface area contributed by atoms with Crippen molar-refractivity contribution in [2.75, 3.05) is 0 Å². The summed E-state index contributed by atoms with van der Waals surface area (Å²) < 4.78 is 0. The zero-order chi connectivity index (χ0) is 18.5. The molecular formula is C28H21. The number of hydrogen-bond acceptors (Lipinski definition) is 0. The fourth-order valence-electron chi connectivity index (χ4n) is 5.07. The highest BCUT2D eigenvalue weighted by Crippen LogP contribution is 2.41. The molecule has 0 fully saturated rings. The maximum absolute atomic E-state index is 3.72. The minimum absolute atomic E-state index is 0.448. The Hall–Kier alpha value is -3.12. The molecule has 28 heavy (non-hydrogen) atoms. The highest BCUT2D eigenvalue weighted by Gasteiger charge is 2.24. The molecule has 0 heteroatoms. The number of benzene rings is 5. The summed E-state index contributed by atoms with van der Waals surface area (Å²) >= 11 is 0. The lowest BCUT2D eigenvalue weighted by Crippen LogP contribution is -2.11. The van der Waals surface area contributed by atoms with Gasteiger partial charge in [-0.05, 0) is 74.3 Å². The van der Waals surface area contributed by atoms with E-state index in [1.54, 1.807) is 5.56 Å². The van der Waals surface area contributed by atoms with E-state index >= 15 is 0 Å². The Labute approximate surface area is 165 Å². The molecule has 0 spiro atoms. The second-order valence-corrected chi connectivity index (χ2v) is 7.96. The molecule has 0 aromatic heterocycles. The van der Waals surface area contributed by atoms with Gasteiger partial charge in [0.1, 0.15) is 0 Å². The van der Waals surface area contributed by atoms with Crippen LogP contribution in [0.4, 0.5) is 0 Å². The van der Waals surface area contributed by atoms with Crippen molar-refractivity contribution in [2.24, 2.45) is 0 Å². The fraction of sp³-hybridized carbons (Fsp3) is 0.143. The van der Waals surface area contributed by atoms with E-state index in [0.717, 1.165) is 0 Å². The number of hydrogen-bond donors (Lipinski definition) is 0. The summed E-state index contributed by atoms with van der Waals surface area (Å²) in [6.45, 7) is 0. The molecule has 0 bridgehead atoms. The standard InChI is InChI=1S/C28H21/c1-2-8-21-18-22(13-12-19(21)6-1)24-10-5-11-25-27(24)17-16-26-23-9-4-3-7-20(23)14-15-28(25)26/h1-4,6-9,12-17,24H,5,10-11H2. The highest BCUT2D eigenvalue weighted by molar-refractivity contribution is 6.08. The van der Waals surface area contributed by atoms with Gasteiger partial charge in [-0.2, -0.15) is 0 Å². The summed E-state index contributed by atoms with van der Waals surface area (Å²) in [5.74, 6) is 0.448. The summed E-state index contributed by atoms with van der Waals surface area (Å²) in [5.41, 5.74) is 4.38. The van der Waals surface area contributed by atoms with Gasteiger partial charge in [0.15, 0.2) is 0 Å². The molecule has 0 amide bonds. The van der Waals surface area contributed by atoms with E-state index in [0.29, 0.717) is 5.92 Å². The molecule has 0 heterocycles. The van der Waals surface area contributed by atoms with Gasteiger partial charge in [0.25, 0.3) is 0 Å². The number of aryl methyl sites for hydroxylation is 1. The SMILES string of the molecule is [c]1c(C2CCCc3c2ccc2c3ccc3ccccc32)ccc2ccccc12. The Morgan fingerprint density at radius 2 is 1.43 bits per heavy atom. The number of rotatable bonds is 1. The quantitative estimate of drug-likeness (QED) is 0.274. The average molecular weight is 357 g/mol. The van der Waals surface area contributed by atoms with Crippen molar-refractivity contribution >= 4 is 32.3 Å². The molecule has 0 saturated heterocycles. The molecule has 1 atom stereocenters. The van der Waals surface area contributed by atoms with Crippen LogP contribution in [-0.2, 0) is 6.42 Å². The van der Waals surface area contributed by atoms with Gasteiger partial charge in [-0.25, -0.2) is 0 Å². The van der Waals surface area contributed by atoms with Crippen LogP contribution in [0.3, 0.4) is 0 Å². The summed E-state index contributed by atoms with van der Waals surface area (Å²) in [7, 11) is 0. The van der Waals surface area contributed by atoms with E-state index in [1.165, 1.54) is 62.7 Å². The predicted molar refractivity (Wildman–Crippen MR) is 119 cm³/mol. The van der Waals surface area contributed by atoms with Crippen LogP contribution >= 0.6 is 0 Å². The van der Waals surface area contributed by atoms with Gasteiger partial charge in [0.05, 0.1) is 0 Å². The molecule has 0 nitrogen and oxygen atoms in total. The summed E-state index contributed by atoms with van der Waals surface area (Å²) in [6.07, 6.45) is 3.63. The van der Waals surface area contributed by atoms with Crippen molar-refractivity contribution in [1.82, 2.24) is 0 Å². The largest absolute Gasteiger partial charge is 0.0616 e. The molecule has 1 radical (unpaired) electrons. The molecule has 0 aliphatic heterocycles. The molecule has 6 rings (SSSR count). The molecule has 1 aliphatic carbocycles. The van der Waals surface area contributed by atoms with Crippen molar-refractivity contribution in [1.29, 1.82) is 0 Å². The molecule has 0 N–H and O–H groups in total. The monoisotopic (exact) mass is 357 g/mol. The summed E-state index contributed by atoms with van der Waals surface area (Å²) in [5, 5.41) is 8.00. The van der Waals surface area contributed by atoms with Gasteiger partial charge in [0.2, 0.25) is 0 Å². The minimum Gasteiger partial charge on any atom is -0.0616 e. The van der Waals surface area contributed by atoms with Crippen LogP contribution in [0.25, 0.3) is 32.3 Å². The Bertz CT molecular complexity index is 1340. The lowest BCUT2D eigenvalue weighted by atomic mass is 9.76. The van der Waals surface area contributed by atoms with Crippen LogP contribution in [0.15, 0.2) is 84.9 Å². The zero-order valence-electron chi connectivity index (χ0n) is 15.8. The number of fused-ring (bicyclic) bond motifs is 6. The Kier molecular flexibility index (Phi) is 3.52. The van der Waals surface area contributed by atoms with Crippen molar-refractivity contribution in [3.8, 4) is 0 Å². The van der Waals surface area contributed by atoms with Gasteiger partial charge < -0.3 is 0 Å². The van der Waals surface area contributed by atoms with Crippen molar-refractivity contribution < 1.29 is 0 Å². The smallest absolute Gasteiger partial charge is 0.00987 e. The Morgan fingerprint density at radius 1 is 0.643 bits per heavy atom. The van der Waals surface area contributed by atoms with Crippen molar-refractivity contribution in [3.05, 3.63) is 108 Å². The zero-order valence-corrected chi connectivity index (χ0v) is 15.8. The summed E-state index contributed by atoms with van der Waals surface area (Å²) in [6, 6.07) is 34.9. The van der Waals surface area contributed by atoms with Crippen LogP contribution in [-0.4, -0.2) is 0 Å². The van der Waals surface area contributed by atoms with Crippen molar-refractivity contribution in [2.45, 2.75) is 25.2 Å². The van der Waals surface area contributed by atoms with E-state index in [9.17, 15) is 0 Å². The van der Waals surface area contributed by atoms with Crippen LogP contribution in [0.2, 0.25) is 0 Å².